The number of hydrogen-bond donors (Lipinski definition) is 0. The highest BCUT2D eigenvalue weighted by molar-refractivity contribution is 6.02. The van der Waals surface area contributed by atoms with Gasteiger partial charge in [-0.15, -0.1) is 0 Å². The summed E-state index contributed by atoms with van der Waals surface area (Å²) in [6.07, 6.45) is 1.18. The van der Waals surface area contributed by atoms with Gasteiger partial charge in [-0.2, -0.15) is 0 Å². The zero-order chi connectivity index (χ0) is 12.1. The Morgan fingerprint density at radius 1 is 1.31 bits per heavy atom. The van der Waals surface area contributed by atoms with E-state index >= 15 is 0 Å². The van der Waals surface area contributed by atoms with Crippen molar-refractivity contribution in [2.45, 2.75) is 6.42 Å². The third-order valence-corrected chi connectivity index (χ3v) is 1.93. The minimum Gasteiger partial charge on any atom is -0.624 e. The van der Waals surface area contributed by atoms with Crippen molar-refractivity contribution in [2.75, 3.05) is 7.05 Å². The first-order chi connectivity index (χ1) is 7.50. The van der Waals surface area contributed by atoms with Crippen LogP contribution < -0.4 is 0 Å². The average molecular weight is 222 g/mol. The molecule has 0 fully saturated rings. The van der Waals surface area contributed by atoms with E-state index in [4.69, 9.17) is 0 Å². The molecular formula is C10H10N2O4. The molecule has 0 aliphatic heterocycles. The molecule has 16 heavy (non-hydrogen) atoms. The largest absolute Gasteiger partial charge is 0.624 e. The van der Waals surface area contributed by atoms with Crippen molar-refractivity contribution in [3.63, 3.8) is 0 Å². The number of carbonyl (C=O) groups excluding carboxylic acids is 1. The van der Waals surface area contributed by atoms with Gasteiger partial charge in [0, 0.05) is 17.7 Å². The smallest absolute Gasteiger partial charge is 0.269 e. The van der Waals surface area contributed by atoms with E-state index in [9.17, 15) is 20.1 Å². The molecule has 0 aromatic heterocycles. The van der Waals surface area contributed by atoms with Crippen molar-refractivity contribution in [2.24, 2.45) is 0 Å². The van der Waals surface area contributed by atoms with Crippen LogP contribution in [0.4, 0.5) is 5.69 Å². The van der Waals surface area contributed by atoms with Gasteiger partial charge in [-0.25, -0.2) is 4.74 Å². The molecule has 1 aromatic rings. The maximum Gasteiger partial charge on any atom is 0.269 e. The van der Waals surface area contributed by atoms with Crippen LogP contribution in [0.15, 0.2) is 24.3 Å². The fraction of sp³-hybridized carbons (Fsp3) is 0.200. The molecule has 0 aliphatic rings. The molecule has 0 saturated heterocycles. The van der Waals surface area contributed by atoms with Crippen LogP contribution in [-0.2, 0) is 0 Å². The number of carbonyl (C=O) groups is 1. The van der Waals surface area contributed by atoms with Gasteiger partial charge in [0.25, 0.3) is 5.69 Å². The van der Waals surface area contributed by atoms with E-state index in [2.05, 4.69) is 0 Å². The SMILES string of the molecule is C[N+]([O-])=CCC(=O)c1ccc([N+](=O)[O-])cc1. The Morgan fingerprint density at radius 3 is 2.31 bits per heavy atom. The van der Waals surface area contributed by atoms with Gasteiger partial charge < -0.3 is 5.21 Å². The molecule has 6 nitrogen and oxygen atoms in total. The number of ketones is 1. The molecule has 1 rings (SSSR count). The maximum absolute atomic E-state index is 11.5. The highest BCUT2D eigenvalue weighted by Gasteiger charge is 2.09. The van der Waals surface area contributed by atoms with Crippen molar-refractivity contribution in [3.8, 4) is 0 Å². The van der Waals surface area contributed by atoms with Gasteiger partial charge in [-0.3, -0.25) is 14.9 Å². The molecule has 0 heterocycles. The zero-order valence-electron chi connectivity index (χ0n) is 8.62. The zero-order valence-corrected chi connectivity index (χ0v) is 8.62. The number of benzene rings is 1. The molecule has 0 atom stereocenters. The molecule has 0 aliphatic carbocycles. The summed E-state index contributed by atoms with van der Waals surface area (Å²) in [4.78, 5) is 21.3. The number of hydrogen-bond acceptors (Lipinski definition) is 4. The Labute approximate surface area is 91.6 Å². The summed E-state index contributed by atoms with van der Waals surface area (Å²) in [6.45, 7) is 0. The Balaban J connectivity index is 2.78. The van der Waals surface area contributed by atoms with E-state index in [1.165, 1.54) is 37.5 Å². The van der Waals surface area contributed by atoms with E-state index in [0.29, 0.717) is 10.3 Å². The molecule has 1 aromatic carbocycles. The molecule has 0 spiro atoms. The first kappa shape index (κ1) is 11.8. The van der Waals surface area contributed by atoms with Crippen LogP contribution in [0.3, 0.4) is 0 Å². The van der Waals surface area contributed by atoms with Gasteiger partial charge in [0.1, 0.15) is 7.05 Å². The number of nitro groups is 1. The van der Waals surface area contributed by atoms with Crippen LogP contribution in [0, 0.1) is 15.3 Å². The van der Waals surface area contributed by atoms with Gasteiger partial charge in [-0.1, -0.05) is 0 Å². The second kappa shape index (κ2) is 5.01. The number of nitro benzene ring substituents is 1. The Hall–Kier alpha value is -2.24. The van der Waals surface area contributed by atoms with E-state index in [1.807, 2.05) is 0 Å². The van der Waals surface area contributed by atoms with Crippen molar-refractivity contribution in [1.82, 2.24) is 0 Å². The molecular weight excluding hydrogens is 212 g/mol. The van der Waals surface area contributed by atoms with Gasteiger partial charge in [0.2, 0.25) is 0 Å². The fourth-order valence-electron chi connectivity index (χ4n) is 1.10. The fourth-order valence-corrected chi connectivity index (χ4v) is 1.10. The number of rotatable bonds is 4. The molecule has 0 amide bonds. The van der Waals surface area contributed by atoms with E-state index in [1.54, 1.807) is 0 Å². The summed E-state index contributed by atoms with van der Waals surface area (Å²) in [5, 5.41) is 20.9. The van der Waals surface area contributed by atoms with Crippen molar-refractivity contribution >= 4 is 17.7 Å². The highest BCUT2D eigenvalue weighted by Crippen LogP contribution is 2.12. The molecule has 0 bridgehead atoms. The van der Waals surface area contributed by atoms with Crippen molar-refractivity contribution in [1.29, 1.82) is 0 Å². The van der Waals surface area contributed by atoms with E-state index < -0.39 is 4.92 Å². The van der Waals surface area contributed by atoms with Gasteiger partial charge in [-0.05, 0) is 12.1 Å². The first-order valence-electron chi connectivity index (χ1n) is 4.51. The van der Waals surface area contributed by atoms with Crippen LogP contribution in [-0.4, -0.2) is 28.7 Å². The minimum absolute atomic E-state index is 0.0161. The summed E-state index contributed by atoms with van der Waals surface area (Å²) in [6, 6.07) is 5.26. The molecule has 0 radical (unpaired) electrons. The molecule has 84 valence electrons. The van der Waals surface area contributed by atoms with Crippen LogP contribution in [0.25, 0.3) is 0 Å². The lowest BCUT2D eigenvalue weighted by Crippen LogP contribution is -2.04. The van der Waals surface area contributed by atoms with Gasteiger partial charge in [0.05, 0.1) is 11.3 Å². The van der Waals surface area contributed by atoms with E-state index in [-0.39, 0.29) is 17.9 Å². The van der Waals surface area contributed by atoms with Gasteiger partial charge in [0.15, 0.2) is 12.0 Å². The normalized spacial score (nSPS) is 11.2. The average Bonchev–Trinajstić information content (AvgIpc) is 2.26. The van der Waals surface area contributed by atoms with Crippen molar-refractivity contribution < 1.29 is 14.5 Å². The minimum atomic E-state index is -0.536. The summed E-state index contributed by atoms with van der Waals surface area (Å²) in [5.41, 5.74) is 0.283. The predicted molar refractivity (Wildman–Crippen MR) is 57.7 cm³/mol. The molecule has 0 N–H and O–H groups in total. The Bertz CT molecular complexity index is 433. The third kappa shape index (κ3) is 3.16. The topological polar surface area (TPSA) is 86.3 Å². The van der Waals surface area contributed by atoms with Gasteiger partial charge >= 0.3 is 0 Å². The summed E-state index contributed by atoms with van der Waals surface area (Å²) in [7, 11) is 1.28. The monoisotopic (exact) mass is 222 g/mol. The van der Waals surface area contributed by atoms with Crippen LogP contribution >= 0.6 is 0 Å². The number of hydroxylamine groups is 1. The van der Waals surface area contributed by atoms with E-state index in [0.717, 1.165) is 0 Å². The summed E-state index contributed by atoms with van der Waals surface area (Å²) < 4.78 is 0.545. The molecule has 0 unspecified atom stereocenters. The quantitative estimate of drug-likeness (QED) is 0.192. The molecule has 6 heteroatoms. The van der Waals surface area contributed by atoms with Crippen LogP contribution in [0.2, 0.25) is 0 Å². The highest BCUT2D eigenvalue weighted by atomic mass is 16.6. The van der Waals surface area contributed by atoms with Crippen LogP contribution in [0.1, 0.15) is 16.8 Å². The standard InChI is InChI=1S/C10H10N2O4/c1-11(14)7-6-10(13)8-2-4-9(5-3-8)12(15)16/h2-5,7H,6H2,1H3. The lowest BCUT2D eigenvalue weighted by molar-refractivity contribution is -0.418. The third-order valence-electron chi connectivity index (χ3n) is 1.93. The number of nitrogens with zero attached hydrogens (tertiary/aromatic N) is 2. The Kier molecular flexibility index (Phi) is 3.71. The number of Topliss-reactive ketones (excluding diaryl/α,β-unsaturated/α-hetero) is 1. The molecule has 0 saturated carbocycles. The summed E-state index contributed by atoms with van der Waals surface area (Å²) >= 11 is 0. The second-order valence-electron chi connectivity index (χ2n) is 3.16. The predicted octanol–water partition coefficient (Wildman–Crippen LogP) is 1.38. The van der Waals surface area contributed by atoms with Crippen molar-refractivity contribution in [3.05, 3.63) is 45.2 Å². The van der Waals surface area contributed by atoms with Crippen LogP contribution in [0.5, 0.6) is 0 Å². The number of non-ortho nitro benzene ring substituents is 1. The lowest BCUT2D eigenvalue weighted by Gasteiger charge is -1.97. The second-order valence-corrected chi connectivity index (χ2v) is 3.16. The summed E-state index contributed by atoms with van der Waals surface area (Å²) in [5.74, 6) is -0.252. The Morgan fingerprint density at radius 2 is 1.88 bits per heavy atom. The maximum atomic E-state index is 11.5. The first-order valence-corrected chi connectivity index (χ1v) is 4.51. The lowest BCUT2D eigenvalue weighted by atomic mass is 10.1.